The van der Waals surface area contributed by atoms with Gasteiger partial charge < -0.3 is 20.1 Å². The average Bonchev–Trinajstić information content (AvgIpc) is 2.84. The minimum Gasteiger partial charge on any atom is -0.496 e. The molecule has 0 aliphatic rings. The molecule has 0 spiro atoms. The third kappa shape index (κ3) is 5.60. The molecular formula is C25H22N2O5. The van der Waals surface area contributed by atoms with E-state index in [0.29, 0.717) is 22.6 Å². The minimum absolute atomic E-state index is 0.0455. The van der Waals surface area contributed by atoms with E-state index in [1.807, 2.05) is 30.3 Å². The first-order chi connectivity index (χ1) is 15.5. The van der Waals surface area contributed by atoms with Crippen LogP contribution in [0.5, 0.6) is 5.75 Å². The number of benzene rings is 3. The summed E-state index contributed by atoms with van der Waals surface area (Å²) >= 11 is 0. The van der Waals surface area contributed by atoms with Gasteiger partial charge in [0.1, 0.15) is 11.4 Å². The van der Waals surface area contributed by atoms with E-state index in [1.54, 1.807) is 42.5 Å². The highest BCUT2D eigenvalue weighted by atomic mass is 16.5. The summed E-state index contributed by atoms with van der Waals surface area (Å²) < 4.78 is 9.92. The molecule has 0 fully saturated rings. The molecule has 0 heterocycles. The van der Waals surface area contributed by atoms with Gasteiger partial charge in [-0.2, -0.15) is 0 Å². The summed E-state index contributed by atoms with van der Waals surface area (Å²) in [5, 5.41) is 5.40. The molecule has 3 rings (SSSR count). The van der Waals surface area contributed by atoms with E-state index in [4.69, 9.17) is 4.74 Å². The summed E-state index contributed by atoms with van der Waals surface area (Å²) in [5.41, 5.74) is 1.88. The lowest BCUT2D eigenvalue weighted by Gasteiger charge is -2.13. The quantitative estimate of drug-likeness (QED) is 0.438. The van der Waals surface area contributed by atoms with Gasteiger partial charge in [-0.25, -0.2) is 4.79 Å². The van der Waals surface area contributed by atoms with Gasteiger partial charge in [-0.3, -0.25) is 9.59 Å². The maximum Gasteiger partial charge on any atom is 0.337 e. The molecule has 3 aromatic carbocycles. The maximum absolute atomic E-state index is 13.0. The Morgan fingerprint density at radius 3 is 2.12 bits per heavy atom. The lowest BCUT2D eigenvalue weighted by Crippen LogP contribution is -2.31. The number of methoxy groups -OCH3 is 2. The zero-order valence-electron chi connectivity index (χ0n) is 17.6. The number of ether oxygens (including phenoxy) is 2. The minimum atomic E-state index is -0.525. The van der Waals surface area contributed by atoms with Crippen LogP contribution in [0.4, 0.5) is 5.69 Å². The van der Waals surface area contributed by atoms with Crippen molar-refractivity contribution in [2.75, 3.05) is 19.5 Å². The first kappa shape index (κ1) is 22.3. The Balaban J connectivity index is 1.86. The van der Waals surface area contributed by atoms with E-state index in [9.17, 15) is 14.4 Å². The molecule has 2 amide bonds. The predicted molar refractivity (Wildman–Crippen MR) is 121 cm³/mol. The van der Waals surface area contributed by atoms with E-state index >= 15 is 0 Å². The summed E-state index contributed by atoms with van der Waals surface area (Å²) in [7, 11) is 2.76. The number of hydrogen-bond acceptors (Lipinski definition) is 5. The molecule has 0 saturated carbocycles. The zero-order chi connectivity index (χ0) is 22.9. The van der Waals surface area contributed by atoms with Crippen molar-refractivity contribution in [3.63, 3.8) is 0 Å². The molecule has 162 valence electrons. The van der Waals surface area contributed by atoms with Crippen molar-refractivity contribution in [3.8, 4) is 5.75 Å². The molecule has 0 unspecified atom stereocenters. The van der Waals surface area contributed by atoms with Crippen LogP contribution >= 0.6 is 0 Å². The van der Waals surface area contributed by atoms with E-state index in [0.717, 1.165) is 5.56 Å². The third-order valence-electron chi connectivity index (χ3n) is 4.52. The molecule has 0 saturated heterocycles. The molecule has 0 bridgehead atoms. The summed E-state index contributed by atoms with van der Waals surface area (Å²) in [6.45, 7) is 0. The number of rotatable bonds is 7. The molecule has 7 heteroatoms. The van der Waals surface area contributed by atoms with Crippen molar-refractivity contribution in [1.29, 1.82) is 0 Å². The Morgan fingerprint density at radius 1 is 0.812 bits per heavy atom. The molecule has 0 aliphatic heterocycles. The van der Waals surface area contributed by atoms with E-state index < -0.39 is 17.8 Å². The average molecular weight is 430 g/mol. The number of carbonyl (C=O) groups is 3. The SMILES string of the molecule is COC(=O)c1ccc(NC(=O)/C(=C\c2ccccc2)NC(=O)c2ccccc2OC)cc1. The fourth-order valence-corrected chi connectivity index (χ4v) is 2.90. The van der Waals surface area contributed by atoms with Gasteiger partial charge in [0.2, 0.25) is 0 Å². The van der Waals surface area contributed by atoms with E-state index in [1.165, 1.54) is 26.4 Å². The molecular weight excluding hydrogens is 408 g/mol. The second-order valence-corrected chi connectivity index (χ2v) is 6.65. The molecule has 7 nitrogen and oxygen atoms in total. The number of para-hydroxylation sites is 1. The van der Waals surface area contributed by atoms with Crippen molar-refractivity contribution >= 4 is 29.5 Å². The topological polar surface area (TPSA) is 93.7 Å². The number of nitrogens with one attached hydrogen (secondary N) is 2. The van der Waals surface area contributed by atoms with Crippen LogP contribution in [0.3, 0.4) is 0 Å². The van der Waals surface area contributed by atoms with Crippen molar-refractivity contribution in [2.45, 2.75) is 0 Å². The Morgan fingerprint density at radius 2 is 1.47 bits per heavy atom. The van der Waals surface area contributed by atoms with Crippen molar-refractivity contribution in [3.05, 3.63) is 101 Å². The van der Waals surface area contributed by atoms with Crippen LogP contribution in [-0.2, 0) is 9.53 Å². The summed E-state index contributed by atoms with van der Waals surface area (Å²) in [6.07, 6.45) is 1.57. The smallest absolute Gasteiger partial charge is 0.337 e. The highest BCUT2D eigenvalue weighted by Crippen LogP contribution is 2.18. The first-order valence-corrected chi connectivity index (χ1v) is 9.72. The van der Waals surface area contributed by atoms with Crippen molar-refractivity contribution in [2.24, 2.45) is 0 Å². The van der Waals surface area contributed by atoms with E-state index in [-0.39, 0.29) is 5.70 Å². The molecule has 2 N–H and O–H groups in total. The van der Waals surface area contributed by atoms with Gasteiger partial charge in [0, 0.05) is 5.69 Å². The monoisotopic (exact) mass is 430 g/mol. The number of hydrogen-bond donors (Lipinski definition) is 2. The second kappa shape index (κ2) is 10.6. The van der Waals surface area contributed by atoms with Crippen LogP contribution in [-0.4, -0.2) is 32.0 Å². The van der Waals surface area contributed by atoms with Crippen LogP contribution in [0.25, 0.3) is 6.08 Å². The highest BCUT2D eigenvalue weighted by Gasteiger charge is 2.18. The predicted octanol–water partition coefficient (Wildman–Crippen LogP) is 3.89. The Kier molecular flexibility index (Phi) is 7.37. The van der Waals surface area contributed by atoms with Gasteiger partial charge in [0.05, 0.1) is 25.3 Å². The highest BCUT2D eigenvalue weighted by molar-refractivity contribution is 6.11. The Bertz CT molecular complexity index is 1140. The van der Waals surface area contributed by atoms with Crippen LogP contribution in [0.15, 0.2) is 84.6 Å². The normalized spacial score (nSPS) is 10.8. The molecule has 3 aromatic rings. The summed E-state index contributed by atoms with van der Waals surface area (Å²) in [4.78, 5) is 37.5. The molecule has 0 aromatic heterocycles. The fourth-order valence-electron chi connectivity index (χ4n) is 2.90. The Hall–Kier alpha value is -4.39. The molecule has 0 atom stereocenters. The maximum atomic E-state index is 13.0. The van der Waals surface area contributed by atoms with Crippen LogP contribution in [0.2, 0.25) is 0 Å². The standard InChI is InChI=1S/C25H22N2O5/c1-31-22-11-7-6-10-20(22)23(28)27-21(16-17-8-4-3-5-9-17)24(29)26-19-14-12-18(13-15-19)25(30)32-2/h3-16H,1-2H3,(H,26,29)(H,27,28)/b21-16+. The van der Waals surface area contributed by atoms with Gasteiger partial charge in [0.15, 0.2) is 0 Å². The molecule has 0 aliphatic carbocycles. The van der Waals surface area contributed by atoms with Gasteiger partial charge in [-0.05, 0) is 48.0 Å². The summed E-state index contributed by atoms with van der Waals surface area (Å²) in [6, 6.07) is 22.1. The zero-order valence-corrected chi connectivity index (χ0v) is 17.6. The molecule has 0 radical (unpaired) electrons. The van der Waals surface area contributed by atoms with Crippen LogP contribution in [0, 0.1) is 0 Å². The van der Waals surface area contributed by atoms with Gasteiger partial charge in [-0.15, -0.1) is 0 Å². The lowest BCUT2D eigenvalue weighted by atomic mass is 10.1. The second-order valence-electron chi connectivity index (χ2n) is 6.65. The number of amides is 2. The van der Waals surface area contributed by atoms with Crippen LogP contribution in [0.1, 0.15) is 26.3 Å². The lowest BCUT2D eigenvalue weighted by molar-refractivity contribution is -0.113. The van der Waals surface area contributed by atoms with E-state index in [2.05, 4.69) is 15.4 Å². The molecule has 32 heavy (non-hydrogen) atoms. The largest absolute Gasteiger partial charge is 0.496 e. The summed E-state index contributed by atoms with van der Waals surface area (Å²) in [5.74, 6) is -1.09. The number of anilines is 1. The van der Waals surface area contributed by atoms with Crippen molar-refractivity contribution in [1.82, 2.24) is 5.32 Å². The fraction of sp³-hybridized carbons (Fsp3) is 0.0800. The number of carbonyl (C=O) groups excluding carboxylic acids is 3. The Labute approximate surface area is 185 Å². The van der Waals surface area contributed by atoms with Gasteiger partial charge in [-0.1, -0.05) is 42.5 Å². The van der Waals surface area contributed by atoms with Crippen LogP contribution < -0.4 is 15.4 Å². The van der Waals surface area contributed by atoms with Gasteiger partial charge >= 0.3 is 5.97 Å². The number of esters is 1. The van der Waals surface area contributed by atoms with Gasteiger partial charge in [0.25, 0.3) is 11.8 Å². The first-order valence-electron chi connectivity index (χ1n) is 9.72. The van der Waals surface area contributed by atoms with Crippen molar-refractivity contribution < 1.29 is 23.9 Å². The third-order valence-corrected chi connectivity index (χ3v) is 4.52.